The predicted octanol–water partition coefficient (Wildman–Crippen LogP) is 12.4. The van der Waals surface area contributed by atoms with E-state index in [0.29, 0.717) is 0 Å². The van der Waals surface area contributed by atoms with Crippen molar-refractivity contribution in [1.29, 1.82) is 0 Å². The second-order valence-corrected chi connectivity index (χ2v) is 16.8. The molecule has 3 heteroatoms. The summed E-state index contributed by atoms with van der Waals surface area (Å²) in [7, 11) is 2.21. The highest BCUT2D eigenvalue weighted by molar-refractivity contribution is 6.01. The van der Waals surface area contributed by atoms with Gasteiger partial charge in [0.2, 0.25) is 0 Å². The molecule has 1 aromatic heterocycles. The van der Waals surface area contributed by atoms with Gasteiger partial charge >= 0.3 is 0 Å². The molecule has 3 nitrogen and oxygen atoms in total. The highest BCUT2D eigenvalue weighted by atomic mass is 15.2. The van der Waals surface area contributed by atoms with E-state index >= 15 is 0 Å². The number of hydrogen-bond donors (Lipinski definition) is 0. The topological polar surface area (TPSA) is 19.4 Å². The van der Waals surface area contributed by atoms with Gasteiger partial charge in [-0.15, -0.1) is 0 Å². The van der Waals surface area contributed by atoms with Crippen LogP contribution in [0, 0.1) is 5.92 Å². The first-order valence-electron chi connectivity index (χ1n) is 20.7. The lowest BCUT2D eigenvalue weighted by molar-refractivity contribution is 0.497. The molecule has 3 unspecified atom stereocenters. The molecule has 0 amide bonds. The van der Waals surface area contributed by atoms with Crippen molar-refractivity contribution in [3.05, 3.63) is 227 Å². The van der Waals surface area contributed by atoms with Gasteiger partial charge in [0, 0.05) is 37.1 Å². The average Bonchev–Trinajstić information content (AvgIpc) is 3.86. The van der Waals surface area contributed by atoms with Gasteiger partial charge < -0.3 is 9.80 Å². The van der Waals surface area contributed by atoms with E-state index in [1.807, 2.05) is 6.20 Å². The summed E-state index contributed by atoms with van der Waals surface area (Å²) in [5.74, 6) is 0.194. The van der Waals surface area contributed by atoms with Crippen molar-refractivity contribution in [2.45, 2.75) is 30.7 Å². The SMILES string of the molecule is CN1CC=CC2=C1c1ncccc1C21c2ccccc2-c2c(-c3ccccc3)cc(C3=CC4C5=C(CCC=C5)N(c5cccc(-c6ccccc6)c5)C4(C)C=C3)cc21. The summed E-state index contributed by atoms with van der Waals surface area (Å²) >= 11 is 0. The fraction of sp³-hybridized carbons (Fsp3) is 0.145. The predicted molar refractivity (Wildman–Crippen MR) is 239 cm³/mol. The van der Waals surface area contributed by atoms with E-state index in [4.69, 9.17) is 4.98 Å². The number of allylic oxidation sites excluding steroid dienone is 7. The molecule has 0 N–H and O–H groups in total. The quantitative estimate of drug-likeness (QED) is 0.179. The van der Waals surface area contributed by atoms with E-state index in [-0.39, 0.29) is 11.5 Å². The number of aromatic nitrogens is 1. The van der Waals surface area contributed by atoms with Gasteiger partial charge in [0.05, 0.1) is 22.3 Å². The zero-order valence-corrected chi connectivity index (χ0v) is 32.9. The van der Waals surface area contributed by atoms with Crippen LogP contribution >= 0.6 is 0 Å². The molecule has 3 heterocycles. The maximum Gasteiger partial charge on any atom is 0.0914 e. The Hall–Kier alpha value is -6.71. The molecule has 6 aliphatic rings. The highest BCUT2D eigenvalue weighted by Crippen LogP contribution is 2.64. The Morgan fingerprint density at radius 1 is 0.655 bits per heavy atom. The van der Waals surface area contributed by atoms with Crippen molar-refractivity contribution < 1.29 is 0 Å². The van der Waals surface area contributed by atoms with Crippen molar-refractivity contribution >= 4 is 17.0 Å². The second kappa shape index (κ2) is 12.4. The van der Waals surface area contributed by atoms with Crippen molar-refractivity contribution in [2.75, 3.05) is 18.5 Å². The Labute approximate surface area is 341 Å². The van der Waals surface area contributed by atoms with Crippen LogP contribution in [-0.2, 0) is 5.41 Å². The smallest absolute Gasteiger partial charge is 0.0914 e. The summed E-state index contributed by atoms with van der Waals surface area (Å²) in [5, 5.41) is 0. The molecule has 0 saturated heterocycles. The first-order valence-corrected chi connectivity index (χ1v) is 20.7. The number of rotatable bonds is 4. The van der Waals surface area contributed by atoms with E-state index in [0.717, 1.165) is 25.1 Å². The molecule has 4 aliphatic carbocycles. The molecule has 0 fully saturated rings. The lowest BCUT2D eigenvalue weighted by atomic mass is 9.68. The number of likely N-dealkylation sites (N-methyl/N-ethyl adjacent to an activating group) is 1. The molecule has 2 aliphatic heterocycles. The van der Waals surface area contributed by atoms with Crippen LogP contribution < -0.4 is 4.90 Å². The molecular formula is C55H43N3. The normalized spacial score (nSPS) is 23.1. The van der Waals surface area contributed by atoms with Gasteiger partial charge in [-0.3, -0.25) is 4.98 Å². The number of anilines is 1. The van der Waals surface area contributed by atoms with E-state index in [2.05, 4.69) is 200 Å². The Morgan fingerprint density at radius 2 is 1.43 bits per heavy atom. The molecule has 0 radical (unpaired) electrons. The summed E-state index contributed by atoms with van der Waals surface area (Å²) in [6.07, 6.45) is 21.1. The first kappa shape index (κ1) is 33.4. The third-order valence-corrected chi connectivity index (χ3v) is 13.8. The molecule has 12 rings (SSSR count). The minimum atomic E-state index is -0.487. The molecule has 0 saturated carbocycles. The molecule has 278 valence electrons. The van der Waals surface area contributed by atoms with Crippen LogP contribution in [0.25, 0.3) is 44.7 Å². The lowest BCUT2D eigenvalue weighted by Gasteiger charge is -2.42. The number of nitrogens with zero attached hydrogens (tertiary/aromatic N) is 3. The number of fused-ring (bicyclic) bond motifs is 11. The maximum atomic E-state index is 5.12. The standard InChI is InChI=1S/C55H43N3/c1-54-29-28-39(34-48(54)42-22-10-12-27-50(42)58(54)41-21-13-20-38(32-41)36-16-5-3-6-17-36)40-33-44(37-18-7-4-8-19-37)51-43-23-9-11-24-45(43)55(49(51)35-40)46-25-14-30-56-52(46)53-47(55)26-15-31-57(53)2/h3-11,13-26,28-30,32-35,48H,12,27,31H2,1-2H3. The monoisotopic (exact) mass is 745 g/mol. The fourth-order valence-corrected chi connectivity index (χ4v) is 11.3. The molecule has 58 heavy (non-hydrogen) atoms. The maximum absolute atomic E-state index is 5.12. The third-order valence-electron chi connectivity index (χ3n) is 13.8. The summed E-state index contributed by atoms with van der Waals surface area (Å²) < 4.78 is 0. The number of hydrogen-bond acceptors (Lipinski definition) is 3. The summed E-state index contributed by atoms with van der Waals surface area (Å²) in [6, 6.07) is 49.6. The molecular weight excluding hydrogens is 703 g/mol. The third kappa shape index (κ3) is 4.47. The van der Waals surface area contributed by atoms with E-state index < -0.39 is 5.41 Å². The molecule has 5 aromatic carbocycles. The van der Waals surface area contributed by atoms with Crippen LogP contribution in [-0.4, -0.2) is 29.0 Å². The largest absolute Gasteiger partial charge is 0.369 e. The van der Waals surface area contributed by atoms with Crippen molar-refractivity contribution in [3.63, 3.8) is 0 Å². The Bertz CT molecular complexity index is 2910. The van der Waals surface area contributed by atoms with Gasteiger partial charge in [0.25, 0.3) is 0 Å². The second-order valence-electron chi connectivity index (χ2n) is 16.8. The summed E-state index contributed by atoms with van der Waals surface area (Å²) in [5.41, 5.74) is 21.2. The first-order chi connectivity index (χ1) is 28.6. The van der Waals surface area contributed by atoms with Gasteiger partial charge in [-0.2, -0.15) is 0 Å². The van der Waals surface area contributed by atoms with Crippen molar-refractivity contribution in [1.82, 2.24) is 9.88 Å². The Kier molecular flexibility index (Phi) is 7.14. The van der Waals surface area contributed by atoms with Crippen LogP contribution in [0.2, 0.25) is 0 Å². The van der Waals surface area contributed by atoms with Crippen molar-refractivity contribution in [3.8, 4) is 33.4 Å². The van der Waals surface area contributed by atoms with Gasteiger partial charge in [0.15, 0.2) is 0 Å². The minimum Gasteiger partial charge on any atom is -0.369 e. The Balaban J connectivity index is 1.07. The molecule has 3 atom stereocenters. The number of benzene rings is 5. The van der Waals surface area contributed by atoms with Gasteiger partial charge in [0.1, 0.15) is 0 Å². The fourth-order valence-electron chi connectivity index (χ4n) is 11.3. The van der Waals surface area contributed by atoms with E-state index in [1.165, 1.54) is 89.4 Å². The van der Waals surface area contributed by atoms with Crippen LogP contribution in [0.3, 0.4) is 0 Å². The van der Waals surface area contributed by atoms with Gasteiger partial charge in [-0.05, 0) is 122 Å². The van der Waals surface area contributed by atoms with Crippen LogP contribution in [0.1, 0.15) is 47.7 Å². The van der Waals surface area contributed by atoms with Gasteiger partial charge in [-0.25, -0.2) is 0 Å². The van der Waals surface area contributed by atoms with Crippen molar-refractivity contribution in [2.24, 2.45) is 5.92 Å². The molecule has 6 aromatic rings. The molecule has 0 bridgehead atoms. The van der Waals surface area contributed by atoms with Crippen LogP contribution in [0.15, 0.2) is 199 Å². The summed E-state index contributed by atoms with van der Waals surface area (Å²) in [4.78, 5) is 10.2. The molecule has 1 spiro atoms. The number of pyridine rings is 1. The van der Waals surface area contributed by atoms with Crippen LogP contribution in [0.4, 0.5) is 5.69 Å². The zero-order chi connectivity index (χ0) is 38.6. The Morgan fingerprint density at radius 3 is 2.29 bits per heavy atom. The lowest BCUT2D eigenvalue weighted by Crippen LogP contribution is -2.45. The highest BCUT2D eigenvalue weighted by Gasteiger charge is 2.55. The minimum absolute atomic E-state index is 0.194. The van der Waals surface area contributed by atoms with E-state index in [9.17, 15) is 0 Å². The van der Waals surface area contributed by atoms with Crippen LogP contribution in [0.5, 0.6) is 0 Å². The van der Waals surface area contributed by atoms with E-state index in [1.54, 1.807) is 0 Å². The van der Waals surface area contributed by atoms with Gasteiger partial charge in [-0.1, -0.05) is 146 Å². The average molecular weight is 746 g/mol. The summed E-state index contributed by atoms with van der Waals surface area (Å²) in [6.45, 7) is 3.31. The zero-order valence-electron chi connectivity index (χ0n) is 32.9.